The molecule has 0 fully saturated rings. The van der Waals surface area contributed by atoms with Gasteiger partial charge in [0.1, 0.15) is 0 Å². The van der Waals surface area contributed by atoms with E-state index in [4.69, 9.17) is 4.74 Å². The average Bonchev–Trinajstić information content (AvgIpc) is 2.61. The Labute approximate surface area is 144 Å². The number of benzene rings is 2. The third-order valence-electron chi connectivity index (χ3n) is 4.05. The maximum Gasteiger partial charge on any atom is 0.240 e. The van der Waals surface area contributed by atoms with Crippen LogP contribution in [-0.2, 0) is 14.8 Å². The number of hydrogen-bond donors (Lipinski definition) is 2. The highest BCUT2D eigenvalue weighted by Crippen LogP contribution is 2.24. The summed E-state index contributed by atoms with van der Waals surface area (Å²) in [5, 5.41) is 3.43. The van der Waals surface area contributed by atoms with Gasteiger partial charge in [0.25, 0.3) is 0 Å². The Morgan fingerprint density at radius 3 is 2.25 bits per heavy atom. The Morgan fingerprint density at radius 2 is 1.67 bits per heavy atom. The van der Waals surface area contributed by atoms with Gasteiger partial charge in [-0.2, -0.15) is 0 Å². The molecule has 0 bridgehead atoms. The molecule has 2 aromatic carbocycles. The van der Waals surface area contributed by atoms with E-state index in [1.54, 1.807) is 19.2 Å². The largest absolute Gasteiger partial charge is 0.379 e. The van der Waals surface area contributed by atoms with Crippen molar-refractivity contribution >= 4 is 15.7 Å². The van der Waals surface area contributed by atoms with Crippen LogP contribution in [0.3, 0.4) is 0 Å². The van der Waals surface area contributed by atoms with E-state index in [9.17, 15) is 8.42 Å². The highest BCUT2D eigenvalue weighted by atomic mass is 32.2. The number of methoxy groups -OCH3 is 1. The van der Waals surface area contributed by atoms with Gasteiger partial charge in [0.2, 0.25) is 10.0 Å². The fourth-order valence-corrected chi connectivity index (χ4v) is 3.13. The van der Waals surface area contributed by atoms with E-state index in [1.807, 2.05) is 44.2 Å². The lowest BCUT2D eigenvalue weighted by molar-refractivity contribution is 0.119. The molecule has 0 aliphatic carbocycles. The van der Waals surface area contributed by atoms with Gasteiger partial charge in [0.15, 0.2) is 0 Å². The number of nitrogens with one attached hydrogen (secondary N) is 2. The van der Waals surface area contributed by atoms with Crippen molar-refractivity contribution in [3.8, 4) is 0 Å². The number of anilines is 1. The zero-order chi connectivity index (χ0) is 17.7. The minimum absolute atomic E-state index is 0.0353. The van der Waals surface area contributed by atoms with Crippen molar-refractivity contribution < 1.29 is 13.2 Å². The van der Waals surface area contributed by atoms with E-state index in [-0.39, 0.29) is 17.0 Å². The SMILES string of the molecule is CNS(=O)(=O)c1ccc([C@H](C)Nc2cccc([C@H](C)OC)c2)cc1. The molecule has 0 radical (unpaired) electrons. The van der Waals surface area contributed by atoms with Crippen LogP contribution in [0.5, 0.6) is 0 Å². The second kappa shape index (κ2) is 7.79. The first-order chi connectivity index (χ1) is 11.4. The lowest BCUT2D eigenvalue weighted by Gasteiger charge is -2.18. The smallest absolute Gasteiger partial charge is 0.240 e. The van der Waals surface area contributed by atoms with Crippen molar-refractivity contribution in [3.63, 3.8) is 0 Å². The van der Waals surface area contributed by atoms with Crippen LogP contribution in [0.25, 0.3) is 0 Å². The van der Waals surface area contributed by atoms with Crippen LogP contribution in [-0.4, -0.2) is 22.6 Å². The summed E-state index contributed by atoms with van der Waals surface area (Å²) in [5.74, 6) is 0. The second-order valence-electron chi connectivity index (χ2n) is 5.65. The minimum Gasteiger partial charge on any atom is -0.379 e. The fraction of sp³-hybridized carbons (Fsp3) is 0.333. The maximum atomic E-state index is 11.8. The van der Waals surface area contributed by atoms with Crippen LogP contribution in [0.15, 0.2) is 53.4 Å². The van der Waals surface area contributed by atoms with Crippen molar-refractivity contribution in [2.75, 3.05) is 19.5 Å². The molecule has 0 unspecified atom stereocenters. The summed E-state index contributed by atoms with van der Waals surface area (Å²) in [7, 11) is -0.309. The molecule has 0 aliphatic rings. The van der Waals surface area contributed by atoms with Crippen molar-refractivity contribution in [2.45, 2.75) is 30.9 Å². The highest BCUT2D eigenvalue weighted by molar-refractivity contribution is 7.89. The van der Waals surface area contributed by atoms with E-state index in [0.717, 1.165) is 16.8 Å². The van der Waals surface area contributed by atoms with Crippen molar-refractivity contribution in [3.05, 3.63) is 59.7 Å². The van der Waals surface area contributed by atoms with Gasteiger partial charge in [-0.1, -0.05) is 24.3 Å². The van der Waals surface area contributed by atoms with E-state index in [1.165, 1.54) is 7.05 Å². The molecule has 0 amide bonds. The number of hydrogen-bond acceptors (Lipinski definition) is 4. The third-order valence-corrected chi connectivity index (χ3v) is 5.48. The average molecular weight is 348 g/mol. The molecule has 0 aromatic heterocycles. The summed E-state index contributed by atoms with van der Waals surface area (Å²) >= 11 is 0. The Bertz CT molecular complexity index is 773. The van der Waals surface area contributed by atoms with Crippen LogP contribution in [0.1, 0.15) is 37.1 Å². The standard InChI is InChI=1S/C18H24N2O3S/c1-13(15-8-10-18(11-9-15)24(21,22)19-3)20-17-7-5-6-16(12-17)14(2)23-4/h5-14,19-20H,1-4H3/t13-,14-/m0/s1. The van der Waals surface area contributed by atoms with E-state index in [0.29, 0.717) is 0 Å². The summed E-state index contributed by atoms with van der Waals surface area (Å²) in [5.41, 5.74) is 3.11. The second-order valence-corrected chi connectivity index (χ2v) is 7.53. The lowest BCUT2D eigenvalue weighted by Crippen LogP contribution is -2.18. The number of ether oxygens (including phenoxy) is 1. The molecule has 0 saturated carbocycles. The number of sulfonamides is 1. The molecule has 0 aliphatic heterocycles. The first kappa shape index (κ1) is 18.4. The highest BCUT2D eigenvalue weighted by Gasteiger charge is 2.12. The summed E-state index contributed by atoms with van der Waals surface area (Å²) in [6.45, 7) is 4.04. The van der Waals surface area contributed by atoms with E-state index in [2.05, 4.69) is 16.1 Å². The monoisotopic (exact) mass is 348 g/mol. The predicted molar refractivity (Wildman–Crippen MR) is 96.6 cm³/mol. The molecule has 24 heavy (non-hydrogen) atoms. The van der Waals surface area contributed by atoms with Crippen molar-refractivity contribution in [2.24, 2.45) is 0 Å². The topological polar surface area (TPSA) is 67.4 Å². The van der Waals surface area contributed by atoms with Crippen LogP contribution < -0.4 is 10.0 Å². The van der Waals surface area contributed by atoms with Crippen LogP contribution in [0.2, 0.25) is 0 Å². The van der Waals surface area contributed by atoms with Crippen LogP contribution >= 0.6 is 0 Å². The van der Waals surface area contributed by atoms with Gasteiger partial charge < -0.3 is 10.1 Å². The normalized spacial score (nSPS) is 14.2. The minimum atomic E-state index is -3.40. The van der Waals surface area contributed by atoms with Crippen LogP contribution in [0.4, 0.5) is 5.69 Å². The molecule has 2 atom stereocenters. The van der Waals surface area contributed by atoms with Gasteiger partial charge in [-0.25, -0.2) is 13.1 Å². The Morgan fingerprint density at radius 1 is 1.00 bits per heavy atom. The van der Waals surface area contributed by atoms with Gasteiger partial charge in [0, 0.05) is 18.8 Å². The Kier molecular flexibility index (Phi) is 5.99. The molecule has 0 heterocycles. The van der Waals surface area contributed by atoms with Crippen LogP contribution in [0, 0.1) is 0 Å². The molecule has 0 spiro atoms. The molecule has 0 saturated heterocycles. The van der Waals surface area contributed by atoms with Gasteiger partial charge in [-0.15, -0.1) is 0 Å². The number of rotatable bonds is 7. The summed E-state index contributed by atoms with van der Waals surface area (Å²) < 4.78 is 31.2. The van der Waals surface area contributed by atoms with Crippen molar-refractivity contribution in [1.82, 2.24) is 4.72 Å². The molecular formula is C18H24N2O3S. The third kappa shape index (κ3) is 4.35. The molecular weight excluding hydrogens is 324 g/mol. The van der Waals surface area contributed by atoms with Gasteiger partial charge >= 0.3 is 0 Å². The summed E-state index contributed by atoms with van der Waals surface area (Å²) in [6.07, 6.45) is 0.0353. The predicted octanol–water partition coefficient (Wildman–Crippen LogP) is 3.48. The summed E-state index contributed by atoms with van der Waals surface area (Å²) in [6, 6.07) is 15.0. The van der Waals surface area contributed by atoms with Gasteiger partial charge in [-0.05, 0) is 56.3 Å². The summed E-state index contributed by atoms with van der Waals surface area (Å²) in [4.78, 5) is 0.261. The zero-order valence-electron chi connectivity index (χ0n) is 14.4. The first-order valence-electron chi connectivity index (χ1n) is 7.80. The molecule has 130 valence electrons. The van der Waals surface area contributed by atoms with E-state index >= 15 is 0 Å². The zero-order valence-corrected chi connectivity index (χ0v) is 15.2. The maximum absolute atomic E-state index is 11.8. The Hall–Kier alpha value is -1.89. The Balaban J connectivity index is 2.14. The molecule has 2 aromatic rings. The molecule has 2 rings (SSSR count). The quantitative estimate of drug-likeness (QED) is 0.804. The van der Waals surface area contributed by atoms with Gasteiger partial charge in [0.05, 0.1) is 11.0 Å². The van der Waals surface area contributed by atoms with Crippen molar-refractivity contribution in [1.29, 1.82) is 0 Å². The molecule has 5 nitrogen and oxygen atoms in total. The van der Waals surface area contributed by atoms with E-state index < -0.39 is 10.0 Å². The first-order valence-corrected chi connectivity index (χ1v) is 9.28. The lowest BCUT2D eigenvalue weighted by atomic mass is 10.1. The fourth-order valence-electron chi connectivity index (χ4n) is 2.40. The molecule has 2 N–H and O–H groups in total. The van der Waals surface area contributed by atoms with Gasteiger partial charge in [-0.3, -0.25) is 0 Å². The molecule has 6 heteroatoms.